The third-order valence-corrected chi connectivity index (χ3v) is 5.50. The maximum absolute atomic E-state index is 12.2. The molecule has 1 heterocycles. The lowest BCUT2D eigenvalue weighted by atomic mass is 9.96. The third kappa shape index (κ3) is 4.56. The number of hydrogen-bond donors (Lipinski definition) is 2. The van der Waals surface area contributed by atoms with Crippen molar-refractivity contribution in [3.8, 4) is 6.07 Å². The lowest BCUT2D eigenvalue weighted by Gasteiger charge is -2.09. The molecule has 0 aliphatic heterocycles. The monoisotopic (exact) mass is 397 g/mol. The van der Waals surface area contributed by atoms with Crippen LogP contribution in [0.3, 0.4) is 0 Å². The average molecular weight is 397 g/mol. The minimum absolute atomic E-state index is 0.225. The number of anilines is 2. The first kappa shape index (κ1) is 19.6. The van der Waals surface area contributed by atoms with Crippen molar-refractivity contribution in [2.75, 3.05) is 17.2 Å². The molecule has 0 fully saturated rings. The molecule has 8 heteroatoms. The van der Waals surface area contributed by atoms with Gasteiger partial charge in [0.25, 0.3) is 5.91 Å². The predicted molar refractivity (Wildman–Crippen MR) is 105 cm³/mol. The van der Waals surface area contributed by atoms with Crippen molar-refractivity contribution < 1.29 is 19.1 Å². The molecule has 7 nitrogen and oxygen atoms in total. The van der Waals surface area contributed by atoms with Crippen LogP contribution >= 0.6 is 11.3 Å². The second-order valence-electron chi connectivity index (χ2n) is 6.41. The number of benzene rings is 1. The van der Waals surface area contributed by atoms with Gasteiger partial charge in [-0.1, -0.05) is 6.07 Å². The predicted octanol–water partition coefficient (Wildman–Crippen LogP) is 3.25. The van der Waals surface area contributed by atoms with E-state index < -0.39 is 18.5 Å². The average Bonchev–Trinajstić information content (AvgIpc) is 3.02. The third-order valence-electron chi connectivity index (χ3n) is 4.29. The van der Waals surface area contributed by atoms with Crippen LogP contribution in [0.25, 0.3) is 0 Å². The highest BCUT2D eigenvalue weighted by Gasteiger charge is 2.22. The van der Waals surface area contributed by atoms with Crippen LogP contribution in [-0.2, 0) is 27.2 Å². The molecular weight excluding hydrogens is 378 g/mol. The lowest BCUT2D eigenvalue weighted by Crippen LogP contribution is -2.21. The van der Waals surface area contributed by atoms with Crippen LogP contribution in [0.2, 0.25) is 0 Å². The Bertz CT molecular complexity index is 974. The van der Waals surface area contributed by atoms with Crippen molar-refractivity contribution in [3.05, 3.63) is 45.8 Å². The maximum Gasteiger partial charge on any atom is 0.338 e. The number of aryl methyl sites for hydroxylation is 1. The minimum atomic E-state index is -0.673. The molecule has 0 saturated heterocycles. The number of nitrogens with zero attached hydrogens (tertiary/aromatic N) is 1. The first-order chi connectivity index (χ1) is 13.5. The Morgan fingerprint density at radius 3 is 2.75 bits per heavy atom. The van der Waals surface area contributed by atoms with E-state index in [0.29, 0.717) is 16.3 Å². The highest BCUT2D eigenvalue weighted by atomic mass is 32.1. The van der Waals surface area contributed by atoms with E-state index in [1.54, 1.807) is 12.1 Å². The molecule has 0 unspecified atom stereocenters. The second-order valence-corrected chi connectivity index (χ2v) is 7.52. The Morgan fingerprint density at radius 2 is 2.00 bits per heavy atom. The van der Waals surface area contributed by atoms with Gasteiger partial charge in [0.1, 0.15) is 11.1 Å². The quantitative estimate of drug-likeness (QED) is 0.753. The highest BCUT2D eigenvalue weighted by molar-refractivity contribution is 7.16. The molecule has 0 atom stereocenters. The summed E-state index contributed by atoms with van der Waals surface area (Å²) in [5.74, 6) is -1.42. The van der Waals surface area contributed by atoms with E-state index >= 15 is 0 Å². The fraction of sp³-hybridized carbons (Fsp3) is 0.300. The Labute approximate surface area is 166 Å². The van der Waals surface area contributed by atoms with E-state index in [1.165, 1.54) is 30.4 Å². The summed E-state index contributed by atoms with van der Waals surface area (Å²) in [4.78, 5) is 36.6. The summed E-state index contributed by atoms with van der Waals surface area (Å²) in [6.45, 7) is 0.907. The Morgan fingerprint density at radius 1 is 1.21 bits per heavy atom. The Kier molecular flexibility index (Phi) is 6.06. The van der Waals surface area contributed by atoms with Crippen LogP contribution < -0.4 is 10.6 Å². The van der Waals surface area contributed by atoms with Gasteiger partial charge in [0.05, 0.1) is 11.1 Å². The van der Waals surface area contributed by atoms with E-state index in [1.807, 2.05) is 0 Å². The molecule has 1 aromatic carbocycles. The molecule has 0 saturated carbocycles. The zero-order chi connectivity index (χ0) is 20.1. The molecule has 0 bridgehead atoms. The molecule has 0 radical (unpaired) electrons. The number of hydrogen-bond acceptors (Lipinski definition) is 6. The van der Waals surface area contributed by atoms with Gasteiger partial charge in [-0.25, -0.2) is 4.79 Å². The number of fused-ring (bicyclic) bond motifs is 1. The van der Waals surface area contributed by atoms with Gasteiger partial charge >= 0.3 is 5.97 Å². The van der Waals surface area contributed by atoms with E-state index in [2.05, 4.69) is 16.7 Å². The van der Waals surface area contributed by atoms with E-state index in [-0.39, 0.29) is 11.5 Å². The Hall–Kier alpha value is -3.18. The van der Waals surface area contributed by atoms with E-state index in [9.17, 15) is 19.6 Å². The van der Waals surface area contributed by atoms with E-state index in [0.717, 1.165) is 36.1 Å². The number of carbonyl (C=O) groups excluding carboxylic acids is 3. The summed E-state index contributed by atoms with van der Waals surface area (Å²) in [6, 6.07) is 8.44. The first-order valence-electron chi connectivity index (χ1n) is 8.87. The van der Waals surface area contributed by atoms with Gasteiger partial charge in [-0.3, -0.25) is 9.59 Å². The normalized spacial score (nSPS) is 12.4. The maximum atomic E-state index is 12.2. The van der Waals surface area contributed by atoms with Gasteiger partial charge in [0.15, 0.2) is 6.61 Å². The van der Waals surface area contributed by atoms with Gasteiger partial charge < -0.3 is 15.4 Å². The van der Waals surface area contributed by atoms with Gasteiger partial charge in [0.2, 0.25) is 5.91 Å². The van der Waals surface area contributed by atoms with Crippen LogP contribution in [-0.4, -0.2) is 24.4 Å². The molecule has 1 aromatic heterocycles. The summed E-state index contributed by atoms with van der Waals surface area (Å²) >= 11 is 1.42. The molecular formula is C20H19N3O4S. The summed E-state index contributed by atoms with van der Waals surface area (Å²) in [5.41, 5.74) is 2.24. The molecule has 2 N–H and O–H groups in total. The number of nitriles is 1. The SMILES string of the molecule is CC(=O)Nc1cccc(C(=O)OCC(=O)Nc2sc3c(c2C#N)CCCC3)c1. The summed E-state index contributed by atoms with van der Waals surface area (Å²) in [6.07, 6.45) is 3.90. The highest BCUT2D eigenvalue weighted by Crippen LogP contribution is 2.37. The number of rotatable bonds is 5. The molecule has 1 aliphatic carbocycles. The van der Waals surface area contributed by atoms with Crippen molar-refractivity contribution >= 4 is 39.8 Å². The van der Waals surface area contributed by atoms with Crippen molar-refractivity contribution in [3.63, 3.8) is 0 Å². The van der Waals surface area contributed by atoms with Gasteiger partial charge in [-0.05, 0) is 49.4 Å². The van der Waals surface area contributed by atoms with E-state index in [4.69, 9.17) is 4.74 Å². The molecule has 144 valence electrons. The lowest BCUT2D eigenvalue weighted by molar-refractivity contribution is -0.119. The summed E-state index contributed by atoms with van der Waals surface area (Å²) < 4.78 is 5.06. The number of ether oxygens (including phenoxy) is 1. The fourth-order valence-corrected chi connectivity index (χ4v) is 4.33. The topological polar surface area (TPSA) is 108 Å². The van der Waals surface area contributed by atoms with Crippen LogP contribution in [0, 0.1) is 11.3 Å². The van der Waals surface area contributed by atoms with Gasteiger partial charge in [-0.15, -0.1) is 11.3 Å². The van der Waals surface area contributed by atoms with Gasteiger partial charge in [0, 0.05) is 17.5 Å². The number of carbonyl (C=O) groups is 3. The molecule has 3 rings (SSSR count). The number of amides is 2. The van der Waals surface area contributed by atoms with Crippen molar-refractivity contribution in [1.29, 1.82) is 5.26 Å². The number of thiophene rings is 1. The van der Waals surface area contributed by atoms with Crippen LogP contribution in [0.15, 0.2) is 24.3 Å². The largest absolute Gasteiger partial charge is 0.452 e. The summed E-state index contributed by atoms with van der Waals surface area (Å²) in [5, 5.41) is 15.2. The van der Waals surface area contributed by atoms with Crippen LogP contribution in [0.4, 0.5) is 10.7 Å². The fourth-order valence-electron chi connectivity index (χ4n) is 3.08. The first-order valence-corrected chi connectivity index (χ1v) is 9.69. The van der Waals surface area contributed by atoms with Crippen molar-refractivity contribution in [2.24, 2.45) is 0 Å². The zero-order valence-electron chi connectivity index (χ0n) is 15.3. The molecule has 28 heavy (non-hydrogen) atoms. The molecule has 1 aliphatic rings. The number of nitrogens with one attached hydrogen (secondary N) is 2. The van der Waals surface area contributed by atoms with Crippen LogP contribution in [0.1, 0.15) is 46.1 Å². The smallest absolute Gasteiger partial charge is 0.338 e. The summed E-state index contributed by atoms with van der Waals surface area (Å²) in [7, 11) is 0. The zero-order valence-corrected chi connectivity index (χ0v) is 16.1. The number of esters is 1. The molecule has 2 aromatic rings. The standard InChI is InChI=1S/C20H19N3O4S/c1-12(24)22-14-6-4-5-13(9-14)20(26)27-11-18(25)23-19-16(10-21)15-7-2-3-8-17(15)28-19/h4-6,9H,2-3,7-8,11H2,1H3,(H,22,24)(H,23,25). The molecule has 0 spiro atoms. The van der Waals surface area contributed by atoms with Crippen molar-refractivity contribution in [2.45, 2.75) is 32.6 Å². The minimum Gasteiger partial charge on any atom is -0.452 e. The Balaban J connectivity index is 1.60. The van der Waals surface area contributed by atoms with Gasteiger partial charge in [-0.2, -0.15) is 5.26 Å². The van der Waals surface area contributed by atoms with Crippen molar-refractivity contribution in [1.82, 2.24) is 0 Å². The second kappa shape index (κ2) is 8.67. The van der Waals surface area contributed by atoms with Crippen LogP contribution in [0.5, 0.6) is 0 Å². The molecule has 2 amide bonds.